The number of aliphatic imine (C=N–C) groups is 1. The van der Waals surface area contributed by atoms with Crippen LogP contribution in [0, 0.1) is 0 Å². The third-order valence-corrected chi connectivity index (χ3v) is 4.21. The summed E-state index contributed by atoms with van der Waals surface area (Å²) in [5.41, 5.74) is 3.48. The van der Waals surface area contributed by atoms with Crippen molar-refractivity contribution in [1.82, 2.24) is 0 Å². The predicted molar refractivity (Wildman–Crippen MR) is 75.2 cm³/mol. The number of rotatable bonds is 2. The van der Waals surface area contributed by atoms with Gasteiger partial charge >= 0.3 is 0 Å². The summed E-state index contributed by atoms with van der Waals surface area (Å²) in [5.74, 6) is 0.331. The number of nitrogens with zero attached hydrogens (tertiary/aromatic N) is 1. The molecular weight excluding hydrogens is 230 g/mol. The van der Waals surface area contributed by atoms with Crippen molar-refractivity contribution in [3.63, 3.8) is 0 Å². The van der Waals surface area contributed by atoms with E-state index in [0.717, 1.165) is 16.2 Å². The van der Waals surface area contributed by atoms with Crippen LogP contribution in [0.15, 0.2) is 51.2 Å². The number of allylic oxidation sites excluding steroid dienone is 4. The van der Waals surface area contributed by atoms with Crippen molar-refractivity contribution < 1.29 is 5.11 Å². The van der Waals surface area contributed by atoms with Crippen molar-refractivity contribution in [2.45, 2.75) is 33.1 Å². The van der Waals surface area contributed by atoms with Crippen molar-refractivity contribution in [1.29, 1.82) is 0 Å². The van der Waals surface area contributed by atoms with E-state index in [0.29, 0.717) is 5.76 Å². The molecule has 1 aliphatic heterocycles. The molecule has 0 aromatic rings. The molecule has 2 nitrogen and oxygen atoms in total. The molecule has 0 amide bonds. The Morgan fingerprint density at radius 2 is 2.18 bits per heavy atom. The first-order chi connectivity index (χ1) is 8.13. The van der Waals surface area contributed by atoms with E-state index >= 15 is 0 Å². The van der Waals surface area contributed by atoms with E-state index < -0.39 is 0 Å². The molecule has 0 atom stereocenters. The van der Waals surface area contributed by atoms with E-state index in [2.05, 4.69) is 17.6 Å². The van der Waals surface area contributed by atoms with Crippen LogP contribution in [0.5, 0.6) is 0 Å². The molecule has 0 unspecified atom stereocenters. The van der Waals surface area contributed by atoms with Crippen LogP contribution in [0.2, 0.25) is 0 Å². The summed E-state index contributed by atoms with van der Waals surface area (Å²) in [7, 11) is 0. The van der Waals surface area contributed by atoms with Crippen molar-refractivity contribution in [2.24, 2.45) is 4.99 Å². The molecule has 1 saturated carbocycles. The van der Waals surface area contributed by atoms with Gasteiger partial charge in [0.2, 0.25) is 0 Å². The van der Waals surface area contributed by atoms with Gasteiger partial charge in [-0.15, -0.1) is 0 Å². The standard InChI is InChI=1S/C14H17NOS/c1-4-15-14-13(10(3)16)9(2)12(17-14)8-11-6-5-7-11/h4,8,16H,1,5-7H2,2-3H3/b13-10+,15-14+. The Kier molecular flexibility index (Phi) is 3.57. The molecule has 3 heteroatoms. The maximum Gasteiger partial charge on any atom is 0.112 e. The van der Waals surface area contributed by atoms with Crippen molar-refractivity contribution in [2.75, 3.05) is 0 Å². The molecule has 0 bridgehead atoms. The van der Waals surface area contributed by atoms with Crippen LogP contribution in [0.1, 0.15) is 33.1 Å². The van der Waals surface area contributed by atoms with E-state index in [-0.39, 0.29) is 0 Å². The van der Waals surface area contributed by atoms with E-state index in [1.54, 1.807) is 18.7 Å². The predicted octanol–water partition coefficient (Wildman–Crippen LogP) is 4.49. The van der Waals surface area contributed by atoms with Gasteiger partial charge in [0.1, 0.15) is 5.04 Å². The molecular formula is C14H17NOS. The van der Waals surface area contributed by atoms with Gasteiger partial charge in [0.15, 0.2) is 0 Å². The highest BCUT2D eigenvalue weighted by molar-refractivity contribution is 8.18. The van der Waals surface area contributed by atoms with Gasteiger partial charge in [0.25, 0.3) is 0 Å². The Labute approximate surface area is 107 Å². The van der Waals surface area contributed by atoms with Crippen LogP contribution in [0.3, 0.4) is 0 Å². The number of aliphatic hydroxyl groups excluding tert-OH is 1. The highest BCUT2D eigenvalue weighted by Gasteiger charge is 2.25. The Hall–Kier alpha value is -1.22. The zero-order valence-corrected chi connectivity index (χ0v) is 11.1. The fourth-order valence-electron chi connectivity index (χ4n) is 1.96. The summed E-state index contributed by atoms with van der Waals surface area (Å²) in [6.07, 6.45) is 7.50. The van der Waals surface area contributed by atoms with E-state index in [9.17, 15) is 5.11 Å². The molecule has 2 rings (SSSR count). The Morgan fingerprint density at radius 3 is 2.65 bits per heavy atom. The first kappa shape index (κ1) is 12.2. The summed E-state index contributed by atoms with van der Waals surface area (Å²) in [6.45, 7) is 7.36. The molecule has 0 aromatic heterocycles. The minimum absolute atomic E-state index is 0.331. The zero-order valence-electron chi connectivity index (χ0n) is 10.3. The molecule has 1 N–H and O–H groups in total. The maximum atomic E-state index is 9.74. The molecule has 1 heterocycles. The fraction of sp³-hybridized carbons (Fsp3) is 0.357. The average Bonchev–Trinajstić information content (AvgIpc) is 2.50. The Balaban J connectivity index is 2.38. The summed E-state index contributed by atoms with van der Waals surface area (Å²) >= 11 is 1.62. The number of hydrogen-bond acceptors (Lipinski definition) is 3. The maximum absolute atomic E-state index is 9.74. The smallest absolute Gasteiger partial charge is 0.112 e. The second-order valence-electron chi connectivity index (χ2n) is 4.32. The molecule has 1 fully saturated rings. The highest BCUT2D eigenvalue weighted by Crippen LogP contribution is 2.42. The Morgan fingerprint density at radius 1 is 1.47 bits per heavy atom. The van der Waals surface area contributed by atoms with Gasteiger partial charge in [-0.05, 0) is 44.8 Å². The lowest BCUT2D eigenvalue weighted by Crippen LogP contribution is -1.96. The summed E-state index contributed by atoms with van der Waals surface area (Å²) in [4.78, 5) is 5.44. The molecule has 0 spiro atoms. The van der Waals surface area contributed by atoms with Crippen molar-refractivity contribution in [3.05, 3.63) is 46.2 Å². The largest absolute Gasteiger partial charge is 0.512 e. The number of aliphatic hydroxyl groups is 1. The van der Waals surface area contributed by atoms with Crippen LogP contribution in [0.25, 0.3) is 0 Å². The molecule has 2 aliphatic rings. The van der Waals surface area contributed by atoms with Crippen molar-refractivity contribution >= 4 is 16.8 Å². The minimum Gasteiger partial charge on any atom is -0.512 e. The lowest BCUT2D eigenvalue weighted by Gasteiger charge is -2.16. The minimum atomic E-state index is 0.331. The quantitative estimate of drug-likeness (QED) is 0.729. The molecule has 0 aromatic carbocycles. The molecule has 1 aliphatic carbocycles. The summed E-state index contributed by atoms with van der Waals surface area (Å²) < 4.78 is 0. The first-order valence-electron chi connectivity index (χ1n) is 5.81. The van der Waals surface area contributed by atoms with Gasteiger partial charge in [-0.1, -0.05) is 23.9 Å². The van der Waals surface area contributed by atoms with Crippen molar-refractivity contribution in [3.8, 4) is 0 Å². The van der Waals surface area contributed by atoms with E-state index in [1.807, 2.05) is 6.92 Å². The van der Waals surface area contributed by atoms with E-state index in [4.69, 9.17) is 0 Å². The van der Waals surface area contributed by atoms with Gasteiger partial charge in [-0.25, -0.2) is 4.99 Å². The molecule has 90 valence electrons. The lowest BCUT2D eigenvalue weighted by molar-refractivity contribution is 0.411. The normalized spacial score (nSPS) is 25.1. The summed E-state index contributed by atoms with van der Waals surface area (Å²) in [6, 6.07) is 0. The molecule has 17 heavy (non-hydrogen) atoms. The lowest BCUT2D eigenvalue weighted by atomic mass is 9.91. The van der Waals surface area contributed by atoms with Gasteiger partial charge in [0.05, 0.1) is 5.76 Å². The SMILES string of the molecule is C=C/N=C1/SC(C=C2CCC2)=C(C)/C1=C(/C)O. The van der Waals surface area contributed by atoms with Crippen LogP contribution < -0.4 is 0 Å². The monoisotopic (exact) mass is 247 g/mol. The van der Waals surface area contributed by atoms with Crippen LogP contribution in [-0.4, -0.2) is 10.2 Å². The van der Waals surface area contributed by atoms with Gasteiger partial charge in [-0.3, -0.25) is 0 Å². The van der Waals surface area contributed by atoms with Crippen LogP contribution in [0.4, 0.5) is 0 Å². The van der Waals surface area contributed by atoms with Crippen LogP contribution in [-0.2, 0) is 0 Å². The fourth-order valence-corrected chi connectivity index (χ4v) is 3.18. The summed E-state index contributed by atoms with van der Waals surface area (Å²) in [5, 5.41) is 10.6. The second-order valence-corrected chi connectivity index (χ2v) is 5.36. The zero-order chi connectivity index (χ0) is 12.4. The molecule has 0 radical (unpaired) electrons. The Bertz CT molecular complexity index is 470. The highest BCUT2D eigenvalue weighted by atomic mass is 32.2. The van der Waals surface area contributed by atoms with Gasteiger partial charge < -0.3 is 5.11 Å². The number of hydrogen-bond donors (Lipinski definition) is 1. The van der Waals surface area contributed by atoms with Gasteiger partial charge in [-0.2, -0.15) is 0 Å². The first-order valence-corrected chi connectivity index (χ1v) is 6.62. The topological polar surface area (TPSA) is 32.6 Å². The average molecular weight is 247 g/mol. The number of thioether (sulfide) groups is 1. The third-order valence-electron chi connectivity index (χ3n) is 3.07. The van der Waals surface area contributed by atoms with E-state index in [1.165, 1.54) is 35.9 Å². The molecule has 0 saturated heterocycles. The van der Waals surface area contributed by atoms with Gasteiger partial charge in [0, 0.05) is 16.7 Å². The second kappa shape index (κ2) is 4.96. The third kappa shape index (κ3) is 2.39. The van der Waals surface area contributed by atoms with Crippen LogP contribution >= 0.6 is 11.8 Å².